The highest BCUT2D eigenvalue weighted by Gasteiger charge is 2.31. The molecule has 3 heterocycles. The lowest BCUT2D eigenvalue weighted by Crippen LogP contribution is -2.39. The van der Waals surface area contributed by atoms with Gasteiger partial charge in [-0.1, -0.05) is 6.07 Å². The number of hydrogen-bond donors (Lipinski definition) is 1. The molecule has 0 saturated carbocycles. The Morgan fingerprint density at radius 3 is 2.55 bits per heavy atom. The minimum atomic E-state index is -0.321. The number of hydrogen-bond acceptors (Lipinski definition) is 6. The van der Waals surface area contributed by atoms with Gasteiger partial charge in [0.2, 0.25) is 12.7 Å². The van der Waals surface area contributed by atoms with Crippen molar-refractivity contribution in [1.82, 2.24) is 10.2 Å². The van der Waals surface area contributed by atoms with E-state index in [4.69, 9.17) is 18.9 Å². The van der Waals surface area contributed by atoms with Crippen LogP contribution in [0.5, 0.6) is 23.0 Å². The van der Waals surface area contributed by atoms with Crippen molar-refractivity contribution < 1.29 is 28.5 Å². The average Bonchev–Trinajstić information content (AvgIpc) is 3.41. The summed E-state index contributed by atoms with van der Waals surface area (Å²) in [4.78, 5) is 27.2. The van der Waals surface area contributed by atoms with Crippen molar-refractivity contribution >= 4 is 11.8 Å². The zero-order valence-corrected chi connectivity index (χ0v) is 17.1. The molecule has 5 rings (SSSR count). The number of likely N-dealkylation sites (tertiary alicyclic amines) is 1. The van der Waals surface area contributed by atoms with E-state index in [0.29, 0.717) is 36.8 Å². The van der Waals surface area contributed by atoms with Crippen LogP contribution in [-0.2, 0) is 4.79 Å². The van der Waals surface area contributed by atoms with Crippen LogP contribution < -0.4 is 24.3 Å². The van der Waals surface area contributed by atoms with E-state index >= 15 is 0 Å². The first-order valence-electron chi connectivity index (χ1n) is 10.6. The summed E-state index contributed by atoms with van der Waals surface area (Å²) < 4.78 is 22.1. The minimum Gasteiger partial charge on any atom is -0.490 e. The second-order valence-corrected chi connectivity index (χ2v) is 7.75. The highest BCUT2D eigenvalue weighted by molar-refractivity contribution is 5.97. The lowest BCUT2D eigenvalue weighted by atomic mass is 10.0. The van der Waals surface area contributed by atoms with Crippen LogP contribution in [0.3, 0.4) is 0 Å². The van der Waals surface area contributed by atoms with Gasteiger partial charge in [-0.05, 0) is 48.7 Å². The Hall–Kier alpha value is -3.42. The molecule has 2 aromatic carbocycles. The molecule has 0 spiro atoms. The monoisotopic (exact) mass is 424 g/mol. The topological polar surface area (TPSA) is 86.3 Å². The fourth-order valence-corrected chi connectivity index (χ4v) is 4.20. The van der Waals surface area contributed by atoms with Gasteiger partial charge in [0.05, 0.1) is 25.8 Å². The normalized spacial score (nSPS) is 19.1. The first-order chi connectivity index (χ1) is 15.2. The van der Waals surface area contributed by atoms with Crippen LogP contribution in [0, 0.1) is 0 Å². The predicted octanol–water partition coefficient (Wildman–Crippen LogP) is 2.67. The van der Waals surface area contributed by atoms with Gasteiger partial charge in [-0.3, -0.25) is 9.59 Å². The number of amides is 2. The molecule has 31 heavy (non-hydrogen) atoms. The van der Waals surface area contributed by atoms with Crippen LogP contribution in [0.2, 0.25) is 0 Å². The van der Waals surface area contributed by atoms with Gasteiger partial charge in [0.1, 0.15) is 0 Å². The first kappa shape index (κ1) is 19.5. The van der Waals surface area contributed by atoms with Gasteiger partial charge in [-0.25, -0.2) is 0 Å². The van der Waals surface area contributed by atoms with Crippen molar-refractivity contribution in [2.45, 2.75) is 25.3 Å². The molecule has 0 aromatic heterocycles. The van der Waals surface area contributed by atoms with E-state index in [2.05, 4.69) is 5.32 Å². The fourth-order valence-electron chi connectivity index (χ4n) is 4.20. The number of nitrogens with zero attached hydrogens (tertiary/aromatic N) is 1. The zero-order valence-electron chi connectivity index (χ0n) is 17.1. The van der Waals surface area contributed by atoms with E-state index in [9.17, 15) is 9.59 Å². The van der Waals surface area contributed by atoms with Crippen molar-refractivity contribution in [2.75, 3.05) is 33.1 Å². The molecule has 1 atom stereocenters. The Morgan fingerprint density at radius 2 is 1.65 bits per heavy atom. The standard InChI is InChI=1S/C23H24N2O6/c26-22(13-24-23(27)16-5-7-19-21(12-16)31-14-30-19)25-8-1-3-17(25)15-4-6-18-20(11-15)29-10-2-9-28-18/h4-7,11-12,17H,1-3,8-10,13-14H2,(H,24,27)/t17-/m1/s1. The molecule has 0 radical (unpaired) electrons. The highest BCUT2D eigenvalue weighted by Crippen LogP contribution is 2.38. The van der Waals surface area contributed by atoms with E-state index < -0.39 is 0 Å². The van der Waals surface area contributed by atoms with E-state index in [1.54, 1.807) is 18.2 Å². The molecule has 162 valence electrons. The Kier molecular flexibility index (Phi) is 5.28. The summed E-state index contributed by atoms with van der Waals surface area (Å²) in [5, 5.41) is 2.73. The van der Waals surface area contributed by atoms with Gasteiger partial charge in [-0.2, -0.15) is 0 Å². The van der Waals surface area contributed by atoms with Gasteiger partial charge in [0, 0.05) is 18.5 Å². The third kappa shape index (κ3) is 3.97. The van der Waals surface area contributed by atoms with Crippen LogP contribution in [0.1, 0.15) is 41.2 Å². The lowest BCUT2D eigenvalue weighted by molar-refractivity contribution is -0.131. The predicted molar refractivity (Wildman–Crippen MR) is 111 cm³/mol. The minimum absolute atomic E-state index is 0.0351. The molecular formula is C23H24N2O6. The maximum Gasteiger partial charge on any atom is 0.251 e. The Morgan fingerprint density at radius 1 is 0.903 bits per heavy atom. The fraction of sp³-hybridized carbons (Fsp3) is 0.391. The van der Waals surface area contributed by atoms with Crippen molar-refractivity contribution in [2.24, 2.45) is 0 Å². The zero-order chi connectivity index (χ0) is 21.2. The van der Waals surface area contributed by atoms with Gasteiger partial charge in [0.25, 0.3) is 5.91 Å². The molecule has 2 aromatic rings. The van der Waals surface area contributed by atoms with E-state index in [0.717, 1.165) is 36.3 Å². The van der Waals surface area contributed by atoms with Crippen molar-refractivity contribution in [3.05, 3.63) is 47.5 Å². The SMILES string of the molecule is O=C(NCC(=O)N1CCC[C@@H]1c1ccc2c(c1)OCCCO2)c1ccc2c(c1)OCO2. The van der Waals surface area contributed by atoms with E-state index in [1.165, 1.54) is 0 Å². The number of fused-ring (bicyclic) bond motifs is 2. The Labute approximate surface area is 180 Å². The second kappa shape index (κ2) is 8.37. The number of nitrogens with one attached hydrogen (secondary N) is 1. The van der Waals surface area contributed by atoms with Crippen molar-refractivity contribution in [3.63, 3.8) is 0 Å². The van der Waals surface area contributed by atoms with Crippen LogP contribution in [-0.4, -0.2) is 49.8 Å². The Balaban J connectivity index is 1.24. The molecule has 1 fully saturated rings. The lowest BCUT2D eigenvalue weighted by Gasteiger charge is -2.26. The molecule has 2 amide bonds. The number of ether oxygens (including phenoxy) is 4. The maximum absolute atomic E-state index is 12.9. The van der Waals surface area contributed by atoms with Gasteiger partial charge < -0.3 is 29.2 Å². The van der Waals surface area contributed by atoms with Gasteiger partial charge >= 0.3 is 0 Å². The van der Waals surface area contributed by atoms with Crippen LogP contribution in [0.25, 0.3) is 0 Å². The van der Waals surface area contributed by atoms with Crippen LogP contribution >= 0.6 is 0 Å². The molecule has 0 aliphatic carbocycles. The summed E-state index contributed by atoms with van der Waals surface area (Å²) in [5.41, 5.74) is 1.45. The molecule has 1 N–H and O–H groups in total. The molecule has 1 saturated heterocycles. The van der Waals surface area contributed by atoms with Crippen LogP contribution in [0.15, 0.2) is 36.4 Å². The summed E-state index contributed by atoms with van der Waals surface area (Å²) in [5.74, 6) is 2.19. The molecule has 8 heteroatoms. The van der Waals surface area contributed by atoms with Gasteiger partial charge in [-0.15, -0.1) is 0 Å². The van der Waals surface area contributed by atoms with Crippen molar-refractivity contribution in [3.8, 4) is 23.0 Å². The van der Waals surface area contributed by atoms with Gasteiger partial charge in [0.15, 0.2) is 23.0 Å². The van der Waals surface area contributed by atoms with E-state index in [1.807, 2.05) is 23.1 Å². The summed E-state index contributed by atoms with van der Waals surface area (Å²) in [7, 11) is 0. The number of benzene rings is 2. The summed E-state index contributed by atoms with van der Waals surface area (Å²) in [6.45, 7) is 2.01. The van der Waals surface area contributed by atoms with Crippen molar-refractivity contribution in [1.29, 1.82) is 0 Å². The first-order valence-corrected chi connectivity index (χ1v) is 10.6. The number of carbonyl (C=O) groups excluding carboxylic acids is 2. The quantitative estimate of drug-likeness (QED) is 0.812. The molecule has 0 unspecified atom stereocenters. The Bertz CT molecular complexity index is 1010. The maximum atomic E-state index is 12.9. The molecule has 3 aliphatic rings. The second-order valence-electron chi connectivity index (χ2n) is 7.75. The smallest absolute Gasteiger partial charge is 0.251 e. The summed E-state index contributed by atoms with van der Waals surface area (Å²) in [6, 6.07) is 10.8. The number of carbonyl (C=O) groups is 2. The summed E-state index contributed by atoms with van der Waals surface area (Å²) in [6.07, 6.45) is 2.64. The van der Waals surface area contributed by atoms with Crippen LogP contribution in [0.4, 0.5) is 0 Å². The third-order valence-corrected chi connectivity index (χ3v) is 5.76. The third-order valence-electron chi connectivity index (χ3n) is 5.76. The summed E-state index contributed by atoms with van der Waals surface area (Å²) >= 11 is 0. The molecular weight excluding hydrogens is 400 g/mol. The molecule has 3 aliphatic heterocycles. The number of rotatable bonds is 4. The average molecular weight is 424 g/mol. The largest absolute Gasteiger partial charge is 0.490 e. The molecule has 8 nitrogen and oxygen atoms in total. The highest BCUT2D eigenvalue weighted by atomic mass is 16.7. The van der Waals surface area contributed by atoms with E-state index in [-0.39, 0.29) is 31.2 Å². The molecule has 0 bridgehead atoms.